The maximum absolute atomic E-state index is 12.7. The summed E-state index contributed by atoms with van der Waals surface area (Å²) in [6.45, 7) is 7.92. The van der Waals surface area contributed by atoms with Crippen molar-refractivity contribution in [2.45, 2.75) is 33.4 Å². The van der Waals surface area contributed by atoms with Crippen LogP contribution in [0.5, 0.6) is 0 Å². The van der Waals surface area contributed by atoms with Crippen molar-refractivity contribution in [3.8, 4) is 0 Å². The number of carbonyl (C=O) groups excluding carboxylic acids is 1. The Labute approximate surface area is 164 Å². The van der Waals surface area contributed by atoms with E-state index in [9.17, 15) is 9.59 Å². The van der Waals surface area contributed by atoms with Gasteiger partial charge in [0.2, 0.25) is 5.71 Å². The Morgan fingerprint density at radius 3 is 2.68 bits per heavy atom. The first kappa shape index (κ1) is 19.8. The molecular formula is C21H26N4O3. The van der Waals surface area contributed by atoms with Crippen LogP contribution >= 0.6 is 0 Å². The molecule has 0 fully saturated rings. The van der Waals surface area contributed by atoms with Crippen molar-refractivity contribution in [3.63, 3.8) is 0 Å². The Morgan fingerprint density at radius 2 is 2.00 bits per heavy atom. The number of benzene rings is 1. The number of hydrogen-bond donors (Lipinski definition) is 1. The summed E-state index contributed by atoms with van der Waals surface area (Å²) in [4.78, 5) is 31.5. The molecule has 2 heterocycles. The molecule has 3 rings (SSSR count). The van der Waals surface area contributed by atoms with Gasteiger partial charge in [-0.1, -0.05) is 30.3 Å². The van der Waals surface area contributed by atoms with Gasteiger partial charge in [-0.05, 0) is 26.3 Å². The smallest absolute Gasteiger partial charge is 0.265 e. The number of aromatic nitrogens is 2. The van der Waals surface area contributed by atoms with Gasteiger partial charge in [0.25, 0.3) is 11.5 Å². The van der Waals surface area contributed by atoms with Gasteiger partial charge < -0.3 is 14.3 Å². The summed E-state index contributed by atoms with van der Waals surface area (Å²) in [5, 5.41) is 3.15. The molecule has 148 valence electrons. The predicted molar refractivity (Wildman–Crippen MR) is 108 cm³/mol. The van der Waals surface area contributed by atoms with Crippen LogP contribution in [0.4, 0.5) is 0 Å². The van der Waals surface area contributed by atoms with Crippen LogP contribution < -0.4 is 10.9 Å². The highest BCUT2D eigenvalue weighted by atomic mass is 16.3. The summed E-state index contributed by atoms with van der Waals surface area (Å²) in [6, 6.07) is 10.6. The van der Waals surface area contributed by atoms with Crippen molar-refractivity contribution in [2.75, 3.05) is 13.1 Å². The fourth-order valence-electron chi connectivity index (χ4n) is 3.20. The second-order valence-corrected chi connectivity index (χ2v) is 7.18. The SMILES string of the molecule is Cc1oc2ncn(C)c(=O)c2c1C(=O)NCCN(Cc1ccccc1)C(C)C. The first-order valence-electron chi connectivity index (χ1n) is 9.39. The first-order valence-corrected chi connectivity index (χ1v) is 9.39. The maximum Gasteiger partial charge on any atom is 0.265 e. The Morgan fingerprint density at radius 1 is 1.29 bits per heavy atom. The van der Waals surface area contributed by atoms with Crippen molar-refractivity contribution >= 4 is 17.0 Å². The fourth-order valence-corrected chi connectivity index (χ4v) is 3.20. The molecule has 0 radical (unpaired) electrons. The lowest BCUT2D eigenvalue weighted by atomic mass is 10.1. The van der Waals surface area contributed by atoms with Gasteiger partial charge in [-0.2, -0.15) is 0 Å². The molecular weight excluding hydrogens is 356 g/mol. The van der Waals surface area contributed by atoms with Gasteiger partial charge in [-0.15, -0.1) is 0 Å². The fraction of sp³-hybridized carbons (Fsp3) is 0.381. The van der Waals surface area contributed by atoms with Crippen LogP contribution in [0.2, 0.25) is 0 Å². The highest BCUT2D eigenvalue weighted by molar-refractivity contribution is 6.06. The molecule has 0 saturated carbocycles. The zero-order chi connectivity index (χ0) is 20.3. The Balaban J connectivity index is 1.70. The Bertz CT molecular complexity index is 1020. The molecule has 0 bridgehead atoms. The van der Waals surface area contributed by atoms with Crippen molar-refractivity contribution in [3.05, 3.63) is 63.9 Å². The van der Waals surface area contributed by atoms with Gasteiger partial charge in [0, 0.05) is 32.7 Å². The minimum Gasteiger partial charge on any atom is -0.442 e. The lowest BCUT2D eigenvalue weighted by Crippen LogP contribution is -2.38. The van der Waals surface area contributed by atoms with E-state index in [0.29, 0.717) is 24.9 Å². The van der Waals surface area contributed by atoms with Gasteiger partial charge in [-0.25, -0.2) is 4.98 Å². The third-order valence-electron chi connectivity index (χ3n) is 4.82. The van der Waals surface area contributed by atoms with Gasteiger partial charge in [0.05, 0.1) is 5.56 Å². The van der Waals surface area contributed by atoms with Gasteiger partial charge >= 0.3 is 0 Å². The quantitative estimate of drug-likeness (QED) is 0.679. The lowest BCUT2D eigenvalue weighted by molar-refractivity contribution is 0.0944. The van der Waals surface area contributed by atoms with E-state index in [1.807, 2.05) is 18.2 Å². The lowest BCUT2D eigenvalue weighted by Gasteiger charge is -2.26. The number of furan rings is 1. The molecule has 7 heteroatoms. The van der Waals surface area contributed by atoms with Gasteiger partial charge in [0.1, 0.15) is 17.5 Å². The van der Waals surface area contributed by atoms with Crippen LogP contribution in [0, 0.1) is 6.92 Å². The van der Waals surface area contributed by atoms with Crippen molar-refractivity contribution in [1.29, 1.82) is 0 Å². The third-order valence-corrected chi connectivity index (χ3v) is 4.82. The van der Waals surface area contributed by atoms with E-state index in [4.69, 9.17) is 4.42 Å². The van der Waals surface area contributed by atoms with E-state index in [1.54, 1.807) is 14.0 Å². The number of carbonyl (C=O) groups is 1. The number of amides is 1. The van der Waals surface area contributed by atoms with Crippen LogP contribution in [-0.2, 0) is 13.6 Å². The summed E-state index contributed by atoms with van der Waals surface area (Å²) in [5.41, 5.74) is 1.40. The average Bonchev–Trinajstić information content (AvgIpc) is 3.01. The van der Waals surface area contributed by atoms with E-state index >= 15 is 0 Å². The molecule has 0 atom stereocenters. The highest BCUT2D eigenvalue weighted by Crippen LogP contribution is 2.20. The molecule has 3 aromatic rings. The van der Waals surface area contributed by atoms with Crippen LogP contribution in [0.15, 0.2) is 45.9 Å². The van der Waals surface area contributed by atoms with E-state index in [-0.39, 0.29) is 28.1 Å². The topological polar surface area (TPSA) is 80.4 Å². The summed E-state index contributed by atoms with van der Waals surface area (Å²) in [6.07, 6.45) is 1.39. The summed E-state index contributed by atoms with van der Waals surface area (Å²) in [5.74, 6) is 0.0815. The number of rotatable bonds is 7. The molecule has 1 amide bonds. The molecule has 0 saturated heterocycles. The second kappa shape index (κ2) is 8.39. The molecule has 0 aliphatic rings. The molecule has 0 aliphatic heterocycles. The van der Waals surface area contributed by atoms with Gasteiger partial charge in [0.15, 0.2) is 0 Å². The van der Waals surface area contributed by atoms with E-state index in [1.165, 1.54) is 16.5 Å². The van der Waals surface area contributed by atoms with Gasteiger partial charge in [-0.3, -0.25) is 14.5 Å². The van der Waals surface area contributed by atoms with Crippen LogP contribution in [0.1, 0.15) is 35.5 Å². The summed E-state index contributed by atoms with van der Waals surface area (Å²) >= 11 is 0. The molecule has 0 aliphatic carbocycles. The van der Waals surface area contributed by atoms with Crippen molar-refractivity contribution < 1.29 is 9.21 Å². The number of fused-ring (bicyclic) bond motifs is 1. The minimum absolute atomic E-state index is 0.193. The Kier molecular flexibility index (Phi) is 5.94. The molecule has 1 aromatic carbocycles. The number of hydrogen-bond acceptors (Lipinski definition) is 5. The van der Waals surface area contributed by atoms with Crippen LogP contribution in [0.25, 0.3) is 11.1 Å². The maximum atomic E-state index is 12.7. The van der Waals surface area contributed by atoms with E-state index < -0.39 is 0 Å². The van der Waals surface area contributed by atoms with E-state index in [0.717, 1.165) is 6.54 Å². The average molecular weight is 382 g/mol. The molecule has 0 spiro atoms. The molecule has 7 nitrogen and oxygen atoms in total. The summed E-state index contributed by atoms with van der Waals surface area (Å²) in [7, 11) is 1.60. The highest BCUT2D eigenvalue weighted by Gasteiger charge is 2.22. The molecule has 0 unspecified atom stereocenters. The van der Waals surface area contributed by atoms with Crippen molar-refractivity contribution in [2.24, 2.45) is 7.05 Å². The standard InChI is InChI=1S/C21H26N4O3/c1-14(2)25(12-16-8-6-5-7-9-16)11-10-22-19(26)17-15(3)28-20-18(17)21(27)24(4)13-23-20/h5-9,13-14H,10-12H2,1-4H3,(H,22,26). The monoisotopic (exact) mass is 382 g/mol. The van der Waals surface area contributed by atoms with Crippen LogP contribution in [-0.4, -0.2) is 39.5 Å². The predicted octanol–water partition coefficient (Wildman–Crippen LogP) is 2.48. The Hall–Kier alpha value is -2.93. The molecule has 28 heavy (non-hydrogen) atoms. The minimum atomic E-state index is -0.315. The number of nitrogens with one attached hydrogen (secondary N) is 1. The third kappa shape index (κ3) is 4.14. The van der Waals surface area contributed by atoms with Crippen LogP contribution in [0.3, 0.4) is 0 Å². The number of nitrogens with zero attached hydrogens (tertiary/aromatic N) is 3. The molecule has 1 N–H and O–H groups in total. The molecule has 2 aromatic heterocycles. The zero-order valence-electron chi connectivity index (χ0n) is 16.7. The first-order chi connectivity index (χ1) is 13.4. The normalized spacial score (nSPS) is 11.5. The zero-order valence-corrected chi connectivity index (χ0v) is 16.7. The summed E-state index contributed by atoms with van der Waals surface area (Å²) < 4.78 is 6.85. The van der Waals surface area contributed by atoms with E-state index in [2.05, 4.69) is 41.2 Å². The second-order valence-electron chi connectivity index (χ2n) is 7.18. The number of aryl methyl sites for hydroxylation is 2. The van der Waals surface area contributed by atoms with Crippen molar-refractivity contribution in [1.82, 2.24) is 19.8 Å². The largest absolute Gasteiger partial charge is 0.442 e.